The fourth-order valence-corrected chi connectivity index (χ4v) is 3.01. The van der Waals surface area contributed by atoms with Crippen LogP contribution < -0.4 is 10.1 Å². The van der Waals surface area contributed by atoms with E-state index in [-0.39, 0.29) is 0 Å². The van der Waals surface area contributed by atoms with Crippen LogP contribution in [0.5, 0.6) is 5.75 Å². The van der Waals surface area contributed by atoms with Gasteiger partial charge in [0.05, 0.1) is 0 Å². The highest BCUT2D eigenvalue weighted by molar-refractivity contribution is 5.37. The van der Waals surface area contributed by atoms with Crippen LogP contribution in [0.25, 0.3) is 0 Å². The predicted octanol–water partition coefficient (Wildman–Crippen LogP) is 3.16. The maximum absolute atomic E-state index is 5.94. The Morgan fingerprint density at radius 1 is 1.33 bits per heavy atom. The Kier molecular flexibility index (Phi) is 3.55. The van der Waals surface area contributed by atoms with E-state index in [1.165, 1.54) is 31.2 Å². The zero-order chi connectivity index (χ0) is 12.4. The summed E-state index contributed by atoms with van der Waals surface area (Å²) in [5.74, 6) is 2.06. The second kappa shape index (κ2) is 5.31. The summed E-state index contributed by atoms with van der Waals surface area (Å²) in [5, 5.41) is 3.63. The Labute approximate surface area is 110 Å². The highest BCUT2D eigenvalue weighted by Crippen LogP contribution is 2.31. The molecule has 0 saturated heterocycles. The summed E-state index contributed by atoms with van der Waals surface area (Å²) in [5.41, 5.74) is 1.36. The van der Waals surface area contributed by atoms with Gasteiger partial charge in [0.2, 0.25) is 0 Å². The molecule has 1 aromatic carbocycles. The molecule has 3 rings (SSSR count). The van der Waals surface area contributed by atoms with Crippen LogP contribution in [0.2, 0.25) is 0 Å². The van der Waals surface area contributed by atoms with E-state index in [9.17, 15) is 0 Å². The lowest BCUT2D eigenvalue weighted by molar-refractivity contribution is 0.209. The Morgan fingerprint density at radius 2 is 2.17 bits per heavy atom. The Balaban J connectivity index is 1.42. The molecule has 0 aromatic heterocycles. The highest BCUT2D eigenvalue weighted by Gasteiger charge is 2.24. The number of ether oxygens (including phenoxy) is 1. The van der Waals surface area contributed by atoms with E-state index in [0.29, 0.717) is 12.1 Å². The smallest absolute Gasteiger partial charge is 0.123 e. The minimum Gasteiger partial charge on any atom is -0.488 e. The highest BCUT2D eigenvalue weighted by atomic mass is 16.5. The lowest BCUT2D eigenvalue weighted by atomic mass is 9.81. The second-order valence-electron chi connectivity index (χ2n) is 5.89. The standard InChI is InChI=1S/C16H23NO/c1-12(9-13-5-4-6-13)17-11-15-10-14-7-2-3-8-16(14)18-15/h2-3,7-8,12-13,15,17H,4-6,9-11H2,1H3. The summed E-state index contributed by atoms with van der Waals surface area (Å²) < 4.78 is 5.94. The van der Waals surface area contributed by atoms with E-state index in [2.05, 4.69) is 30.4 Å². The maximum Gasteiger partial charge on any atom is 0.123 e. The van der Waals surface area contributed by atoms with Gasteiger partial charge in [-0.2, -0.15) is 0 Å². The summed E-state index contributed by atoms with van der Waals surface area (Å²) >= 11 is 0. The first-order chi connectivity index (χ1) is 8.81. The molecular formula is C16H23NO. The molecule has 2 atom stereocenters. The van der Waals surface area contributed by atoms with Crippen LogP contribution in [0, 0.1) is 5.92 Å². The molecule has 1 aliphatic carbocycles. The average molecular weight is 245 g/mol. The van der Waals surface area contributed by atoms with Gasteiger partial charge in [-0.05, 0) is 30.9 Å². The molecule has 1 heterocycles. The summed E-state index contributed by atoms with van der Waals surface area (Å²) in [6, 6.07) is 9.02. The summed E-state index contributed by atoms with van der Waals surface area (Å²) in [6.07, 6.45) is 7.04. The number of para-hydroxylation sites is 1. The summed E-state index contributed by atoms with van der Waals surface area (Å²) in [4.78, 5) is 0. The molecule has 1 aromatic rings. The first kappa shape index (κ1) is 12.0. The number of benzene rings is 1. The van der Waals surface area contributed by atoms with E-state index >= 15 is 0 Å². The first-order valence-electron chi connectivity index (χ1n) is 7.29. The molecular weight excluding hydrogens is 222 g/mol. The van der Waals surface area contributed by atoms with Crippen molar-refractivity contribution in [1.82, 2.24) is 5.32 Å². The third-order valence-electron chi connectivity index (χ3n) is 4.32. The van der Waals surface area contributed by atoms with Gasteiger partial charge in [-0.25, -0.2) is 0 Å². The third kappa shape index (κ3) is 2.69. The van der Waals surface area contributed by atoms with Crippen molar-refractivity contribution in [2.45, 2.75) is 51.2 Å². The van der Waals surface area contributed by atoms with E-state index in [1.807, 2.05) is 6.07 Å². The van der Waals surface area contributed by atoms with Gasteiger partial charge in [-0.1, -0.05) is 37.5 Å². The predicted molar refractivity (Wildman–Crippen MR) is 74.0 cm³/mol. The first-order valence-corrected chi connectivity index (χ1v) is 7.29. The molecule has 98 valence electrons. The molecule has 0 bridgehead atoms. The largest absolute Gasteiger partial charge is 0.488 e. The molecule has 2 nitrogen and oxygen atoms in total. The summed E-state index contributed by atoms with van der Waals surface area (Å²) in [7, 11) is 0. The monoisotopic (exact) mass is 245 g/mol. The Hall–Kier alpha value is -1.02. The third-order valence-corrected chi connectivity index (χ3v) is 4.32. The van der Waals surface area contributed by atoms with Gasteiger partial charge in [0.1, 0.15) is 11.9 Å². The van der Waals surface area contributed by atoms with Crippen LogP contribution in [-0.2, 0) is 6.42 Å². The molecule has 0 amide bonds. The van der Waals surface area contributed by atoms with Crippen LogP contribution in [0.15, 0.2) is 24.3 Å². The van der Waals surface area contributed by atoms with Crippen LogP contribution >= 0.6 is 0 Å². The van der Waals surface area contributed by atoms with Gasteiger partial charge >= 0.3 is 0 Å². The Bertz CT molecular complexity index is 375. The molecule has 2 heteroatoms. The normalized spacial score (nSPS) is 24.2. The molecule has 2 aliphatic rings. The van der Waals surface area contributed by atoms with Crippen molar-refractivity contribution >= 4 is 0 Å². The zero-order valence-corrected chi connectivity index (χ0v) is 11.2. The van der Waals surface area contributed by atoms with Crippen molar-refractivity contribution in [3.63, 3.8) is 0 Å². The van der Waals surface area contributed by atoms with Gasteiger partial charge in [0.15, 0.2) is 0 Å². The van der Waals surface area contributed by atoms with Crippen molar-refractivity contribution in [1.29, 1.82) is 0 Å². The lowest BCUT2D eigenvalue weighted by Crippen LogP contribution is -2.37. The van der Waals surface area contributed by atoms with Crippen LogP contribution in [0.1, 0.15) is 38.2 Å². The minimum atomic E-state index is 0.325. The number of hydrogen-bond acceptors (Lipinski definition) is 2. The van der Waals surface area contributed by atoms with Crippen molar-refractivity contribution in [2.24, 2.45) is 5.92 Å². The second-order valence-corrected chi connectivity index (χ2v) is 5.89. The van der Waals surface area contributed by atoms with Crippen LogP contribution in [0.3, 0.4) is 0 Å². The molecule has 1 N–H and O–H groups in total. The molecule has 1 saturated carbocycles. The van der Waals surface area contributed by atoms with Crippen molar-refractivity contribution < 1.29 is 4.74 Å². The van der Waals surface area contributed by atoms with Gasteiger partial charge in [-0.15, -0.1) is 0 Å². The molecule has 18 heavy (non-hydrogen) atoms. The lowest BCUT2D eigenvalue weighted by Gasteiger charge is -2.29. The molecule has 1 fully saturated rings. The van der Waals surface area contributed by atoms with Crippen LogP contribution in [0.4, 0.5) is 0 Å². The zero-order valence-electron chi connectivity index (χ0n) is 11.2. The number of hydrogen-bond donors (Lipinski definition) is 1. The molecule has 0 radical (unpaired) electrons. The fraction of sp³-hybridized carbons (Fsp3) is 0.625. The SMILES string of the molecule is CC(CC1CCC1)NCC1Cc2ccccc2O1. The van der Waals surface area contributed by atoms with Gasteiger partial charge in [0.25, 0.3) is 0 Å². The van der Waals surface area contributed by atoms with Crippen molar-refractivity contribution in [3.05, 3.63) is 29.8 Å². The quantitative estimate of drug-likeness (QED) is 0.860. The van der Waals surface area contributed by atoms with E-state index in [4.69, 9.17) is 4.74 Å². The summed E-state index contributed by atoms with van der Waals surface area (Å²) in [6.45, 7) is 3.28. The van der Waals surface area contributed by atoms with E-state index in [1.54, 1.807) is 0 Å². The van der Waals surface area contributed by atoms with Gasteiger partial charge in [-0.3, -0.25) is 0 Å². The number of rotatable bonds is 5. The molecule has 0 spiro atoms. The van der Waals surface area contributed by atoms with Crippen molar-refractivity contribution in [2.75, 3.05) is 6.54 Å². The Morgan fingerprint density at radius 3 is 2.89 bits per heavy atom. The van der Waals surface area contributed by atoms with Gasteiger partial charge in [0, 0.05) is 19.0 Å². The topological polar surface area (TPSA) is 21.3 Å². The fourth-order valence-electron chi connectivity index (χ4n) is 3.01. The minimum absolute atomic E-state index is 0.325. The van der Waals surface area contributed by atoms with E-state index < -0.39 is 0 Å². The van der Waals surface area contributed by atoms with Crippen molar-refractivity contribution in [3.8, 4) is 5.75 Å². The molecule has 2 unspecified atom stereocenters. The van der Waals surface area contributed by atoms with Crippen LogP contribution in [-0.4, -0.2) is 18.7 Å². The van der Waals surface area contributed by atoms with E-state index in [0.717, 1.165) is 24.6 Å². The number of fused-ring (bicyclic) bond motifs is 1. The average Bonchev–Trinajstić information content (AvgIpc) is 2.74. The maximum atomic E-state index is 5.94. The molecule has 1 aliphatic heterocycles. The number of nitrogens with one attached hydrogen (secondary N) is 1. The van der Waals surface area contributed by atoms with Gasteiger partial charge < -0.3 is 10.1 Å².